The number of aromatic hydroxyl groups is 1. The summed E-state index contributed by atoms with van der Waals surface area (Å²) >= 11 is 5.98. The zero-order chi connectivity index (χ0) is 10.4. The van der Waals surface area contributed by atoms with Gasteiger partial charge < -0.3 is 9.84 Å². The number of phenols is 1. The molecule has 0 saturated heterocycles. The van der Waals surface area contributed by atoms with Gasteiger partial charge in [-0.1, -0.05) is 12.1 Å². The third-order valence-electron chi connectivity index (χ3n) is 2.00. The summed E-state index contributed by atoms with van der Waals surface area (Å²) in [5.41, 5.74) is 1.10. The van der Waals surface area contributed by atoms with E-state index in [2.05, 4.69) is 0 Å². The maximum absolute atomic E-state index is 9.22. The zero-order valence-corrected chi connectivity index (χ0v) is 9.00. The molecule has 0 bridgehead atoms. The molecular formula is C11H15ClO2. The first-order valence-electron chi connectivity index (χ1n) is 4.63. The number of hydrogen-bond acceptors (Lipinski definition) is 2. The van der Waals surface area contributed by atoms with Crippen LogP contribution in [-0.2, 0) is 11.2 Å². The van der Waals surface area contributed by atoms with Crippen LogP contribution < -0.4 is 0 Å². The molecule has 0 radical (unpaired) electrons. The molecule has 0 saturated carbocycles. The van der Waals surface area contributed by atoms with Crippen LogP contribution in [-0.4, -0.2) is 24.2 Å². The smallest absolute Gasteiger partial charge is 0.115 e. The molecule has 2 nitrogen and oxygen atoms in total. The first-order chi connectivity index (χ1) is 6.72. The first-order valence-corrected chi connectivity index (χ1v) is 5.07. The van der Waals surface area contributed by atoms with Gasteiger partial charge in [-0.05, 0) is 30.5 Å². The number of ether oxygens (including phenoxy) is 1. The molecule has 0 fully saturated rings. The average Bonchev–Trinajstić information content (AvgIpc) is 2.15. The number of hydrogen-bond donors (Lipinski definition) is 1. The Hall–Kier alpha value is -0.730. The predicted molar refractivity (Wildman–Crippen MR) is 57.9 cm³/mol. The van der Waals surface area contributed by atoms with E-state index in [0.717, 1.165) is 18.4 Å². The average molecular weight is 215 g/mol. The summed E-state index contributed by atoms with van der Waals surface area (Å²) in [4.78, 5) is 0. The predicted octanol–water partition coefficient (Wildman–Crippen LogP) is 2.58. The van der Waals surface area contributed by atoms with E-state index < -0.39 is 0 Å². The Morgan fingerprint density at radius 3 is 2.93 bits per heavy atom. The van der Waals surface area contributed by atoms with Gasteiger partial charge in [-0.3, -0.25) is 0 Å². The molecule has 78 valence electrons. The Kier molecular flexibility index (Phi) is 4.77. The van der Waals surface area contributed by atoms with Gasteiger partial charge in [-0.25, -0.2) is 0 Å². The molecule has 0 heterocycles. The number of methoxy groups -OCH3 is 1. The lowest BCUT2D eigenvalue weighted by atomic mass is 10.1. The van der Waals surface area contributed by atoms with Crippen LogP contribution in [0.5, 0.6) is 5.75 Å². The largest absolute Gasteiger partial charge is 0.508 e. The van der Waals surface area contributed by atoms with Gasteiger partial charge in [0.05, 0.1) is 12.0 Å². The SMILES string of the molecule is COCC(Cl)CCc1cccc(O)c1. The summed E-state index contributed by atoms with van der Waals surface area (Å²) in [7, 11) is 1.64. The van der Waals surface area contributed by atoms with Crippen LogP contribution >= 0.6 is 11.6 Å². The summed E-state index contributed by atoms with van der Waals surface area (Å²) in [5, 5.41) is 9.27. The van der Waals surface area contributed by atoms with Crippen molar-refractivity contribution < 1.29 is 9.84 Å². The molecule has 0 spiro atoms. The molecule has 0 aromatic heterocycles. The van der Waals surface area contributed by atoms with Gasteiger partial charge in [-0.15, -0.1) is 11.6 Å². The highest BCUT2D eigenvalue weighted by molar-refractivity contribution is 6.20. The number of benzene rings is 1. The normalized spacial score (nSPS) is 12.7. The number of phenolic OH excluding ortho intramolecular Hbond substituents is 1. The zero-order valence-electron chi connectivity index (χ0n) is 8.24. The highest BCUT2D eigenvalue weighted by Crippen LogP contribution is 2.14. The second-order valence-corrected chi connectivity index (χ2v) is 3.88. The number of rotatable bonds is 5. The fourth-order valence-corrected chi connectivity index (χ4v) is 1.53. The third-order valence-corrected chi connectivity index (χ3v) is 2.35. The highest BCUT2D eigenvalue weighted by atomic mass is 35.5. The molecule has 1 atom stereocenters. The van der Waals surface area contributed by atoms with E-state index in [0.29, 0.717) is 12.4 Å². The number of halogens is 1. The lowest BCUT2D eigenvalue weighted by Crippen LogP contribution is -2.08. The molecule has 1 N–H and O–H groups in total. The molecule has 1 aromatic carbocycles. The summed E-state index contributed by atoms with van der Waals surface area (Å²) < 4.78 is 4.93. The first kappa shape index (κ1) is 11.3. The quantitative estimate of drug-likeness (QED) is 0.764. The van der Waals surface area contributed by atoms with Gasteiger partial charge >= 0.3 is 0 Å². The fourth-order valence-electron chi connectivity index (χ4n) is 1.30. The maximum Gasteiger partial charge on any atom is 0.115 e. The Bertz CT molecular complexity index is 276. The highest BCUT2D eigenvalue weighted by Gasteiger charge is 2.04. The van der Waals surface area contributed by atoms with E-state index in [-0.39, 0.29) is 5.38 Å². The Labute approximate surface area is 89.5 Å². The summed E-state index contributed by atoms with van der Waals surface area (Å²) in [5.74, 6) is 0.306. The molecular weight excluding hydrogens is 200 g/mol. The third kappa shape index (κ3) is 3.99. The molecule has 1 aromatic rings. The Balaban J connectivity index is 2.37. The van der Waals surface area contributed by atoms with Crippen LogP contribution in [0.1, 0.15) is 12.0 Å². The lowest BCUT2D eigenvalue weighted by Gasteiger charge is -2.07. The summed E-state index contributed by atoms with van der Waals surface area (Å²) in [6.07, 6.45) is 1.73. The van der Waals surface area contributed by atoms with Crippen LogP contribution in [0.15, 0.2) is 24.3 Å². The van der Waals surface area contributed by atoms with Crippen LogP contribution in [0.25, 0.3) is 0 Å². The molecule has 0 aliphatic carbocycles. The van der Waals surface area contributed by atoms with Gasteiger partial charge in [0.25, 0.3) is 0 Å². The van der Waals surface area contributed by atoms with Gasteiger partial charge in [0.15, 0.2) is 0 Å². The molecule has 0 amide bonds. The topological polar surface area (TPSA) is 29.5 Å². The lowest BCUT2D eigenvalue weighted by molar-refractivity contribution is 0.195. The standard InChI is InChI=1S/C11H15ClO2/c1-14-8-10(12)6-5-9-3-2-4-11(13)7-9/h2-4,7,10,13H,5-6,8H2,1H3. The van der Waals surface area contributed by atoms with Gasteiger partial charge in [0.1, 0.15) is 5.75 Å². The minimum absolute atomic E-state index is 0.0438. The van der Waals surface area contributed by atoms with E-state index in [4.69, 9.17) is 16.3 Å². The summed E-state index contributed by atoms with van der Waals surface area (Å²) in [6, 6.07) is 7.24. The van der Waals surface area contributed by atoms with E-state index in [9.17, 15) is 5.11 Å². The van der Waals surface area contributed by atoms with Gasteiger partial charge in [-0.2, -0.15) is 0 Å². The van der Waals surface area contributed by atoms with Gasteiger partial charge in [0.2, 0.25) is 0 Å². The van der Waals surface area contributed by atoms with E-state index in [1.165, 1.54) is 0 Å². The van der Waals surface area contributed by atoms with Crippen molar-refractivity contribution in [2.45, 2.75) is 18.2 Å². The van der Waals surface area contributed by atoms with E-state index >= 15 is 0 Å². The van der Waals surface area contributed by atoms with Gasteiger partial charge in [0, 0.05) is 7.11 Å². The van der Waals surface area contributed by atoms with Crippen molar-refractivity contribution in [1.29, 1.82) is 0 Å². The van der Waals surface area contributed by atoms with Crippen molar-refractivity contribution in [2.24, 2.45) is 0 Å². The minimum atomic E-state index is 0.0438. The number of aryl methyl sites for hydroxylation is 1. The molecule has 1 rings (SSSR count). The van der Waals surface area contributed by atoms with Crippen LogP contribution in [0.4, 0.5) is 0 Å². The Morgan fingerprint density at radius 2 is 2.29 bits per heavy atom. The van der Waals surface area contributed by atoms with Crippen LogP contribution in [0.3, 0.4) is 0 Å². The Morgan fingerprint density at radius 1 is 1.50 bits per heavy atom. The van der Waals surface area contributed by atoms with E-state index in [1.807, 2.05) is 12.1 Å². The maximum atomic E-state index is 9.22. The van der Waals surface area contributed by atoms with Crippen LogP contribution in [0.2, 0.25) is 0 Å². The van der Waals surface area contributed by atoms with Crippen LogP contribution in [0, 0.1) is 0 Å². The fraction of sp³-hybridized carbons (Fsp3) is 0.455. The van der Waals surface area contributed by atoms with Crippen molar-refractivity contribution >= 4 is 11.6 Å². The van der Waals surface area contributed by atoms with Crippen molar-refractivity contribution in [3.05, 3.63) is 29.8 Å². The second-order valence-electron chi connectivity index (χ2n) is 3.26. The second kappa shape index (κ2) is 5.89. The number of alkyl halides is 1. The van der Waals surface area contributed by atoms with Crippen molar-refractivity contribution in [3.8, 4) is 5.75 Å². The molecule has 3 heteroatoms. The summed E-state index contributed by atoms with van der Waals surface area (Å²) in [6.45, 7) is 0.570. The monoisotopic (exact) mass is 214 g/mol. The van der Waals surface area contributed by atoms with Crippen molar-refractivity contribution in [1.82, 2.24) is 0 Å². The molecule has 14 heavy (non-hydrogen) atoms. The van der Waals surface area contributed by atoms with E-state index in [1.54, 1.807) is 19.2 Å². The minimum Gasteiger partial charge on any atom is -0.508 e. The molecule has 1 unspecified atom stereocenters. The molecule has 0 aliphatic rings. The van der Waals surface area contributed by atoms with Crippen molar-refractivity contribution in [2.75, 3.05) is 13.7 Å². The molecule has 0 aliphatic heterocycles. The van der Waals surface area contributed by atoms with Crippen molar-refractivity contribution in [3.63, 3.8) is 0 Å².